The highest BCUT2D eigenvalue weighted by Crippen LogP contribution is 2.42. The van der Waals surface area contributed by atoms with Crippen LogP contribution in [0.25, 0.3) is 0 Å². The van der Waals surface area contributed by atoms with E-state index in [9.17, 15) is 5.11 Å². The van der Waals surface area contributed by atoms with E-state index in [1.165, 1.54) is 0 Å². The fourth-order valence-electron chi connectivity index (χ4n) is 2.56. The highest BCUT2D eigenvalue weighted by atomic mass is 16.5. The summed E-state index contributed by atoms with van der Waals surface area (Å²) >= 11 is 0. The molecule has 1 aromatic carbocycles. The van der Waals surface area contributed by atoms with Gasteiger partial charge in [0.1, 0.15) is 17.6 Å². The predicted octanol–water partition coefficient (Wildman–Crippen LogP) is 2.96. The molecule has 2 heterocycles. The number of nitrogens with zero attached hydrogens (tertiary/aromatic N) is 1. The molecule has 0 saturated carbocycles. The zero-order valence-corrected chi connectivity index (χ0v) is 11.5. The van der Waals surface area contributed by atoms with E-state index in [2.05, 4.69) is 4.98 Å². The molecule has 104 valence electrons. The molecular weight excluding hydrogens is 254 g/mol. The largest absolute Gasteiger partial charge is 0.497 e. The molecule has 1 aromatic heterocycles. The normalized spacial score (nSPS) is 20.9. The monoisotopic (exact) mass is 271 g/mol. The Labute approximate surface area is 118 Å². The Hall–Kier alpha value is -2.07. The topological polar surface area (TPSA) is 51.6 Å². The molecule has 3 rings (SSSR count). The number of benzene rings is 1. The Kier molecular flexibility index (Phi) is 3.32. The molecule has 0 amide bonds. The smallest absolute Gasteiger partial charge is 0.128 e. The van der Waals surface area contributed by atoms with Gasteiger partial charge in [0.05, 0.1) is 13.2 Å². The van der Waals surface area contributed by atoms with E-state index in [-0.39, 0.29) is 6.10 Å². The van der Waals surface area contributed by atoms with Crippen molar-refractivity contribution < 1.29 is 14.6 Å². The first-order chi connectivity index (χ1) is 9.69. The number of fused-ring (bicyclic) bond motifs is 1. The van der Waals surface area contributed by atoms with Crippen LogP contribution < -0.4 is 9.47 Å². The van der Waals surface area contributed by atoms with Crippen molar-refractivity contribution >= 4 is 0 Å². The van der Waals surface area contributed by atoms with Crippen LogP contribution in [0.5, 0.6) is 11.5 Å². The first-order valence-corrected chi connectivity index (χ1v) is 6.62. The van der Waals surface area contributed by atoms with Crippen LogP contribution in [0.1, 0.15) is 35.3 Å². The van der Waals surface area contributed by atoms with E-state index in [0.29, 0.717) is 12.2 Å². The Bertz CT molecular complexity index is 627. The molecule has 1 aliphatic heterocycles. The van der Waals surface area contributed by atoms with Gasteiger partial charge in [-0.05, 0) is 36.8 Å². The molecular formula is C16H17NO3. The first-order valence-electron chi connectivity index (χ1n) is 6.62. The molecule has 1 unspecified atom stereocenters. The maximum atomic E-state index is 10.3. The number of hydrogen-bond acceptors (Lipinski definition) is 4. The summed E-state index contributed by atoms with van der Waals surface area (Å²) < 4.78 is 11.2. The van der Waals surface area contributed by atoms with E-state index in [1.54, 1.807) is 19.5 Å². The molecule has 20 heavy (non-hydrogen) atoms. The number of pyridine rings is 1. The summed E-state index contributed by atoms with van der Waals surface area (Å²) in [6.45, 7) is 2.02. The van der Waals surface area contributed by atoms with Crippen molar-refractivity contribution in [2.24, 2.45) is 0 Å². The summed E-state index contributed by atoms with van der Waals surface area (Å²) in [7, 11) is 1.61. The Morgan fingerprint density at radius 3 is 2.90 bits per heavy atom. The van der Waals surface area contributed by atoms with E-state index in [0.717, 1.165) is 22.4 Å². The summed E-state index contributed by atoms with van der Waals surface area (Å²) in [5.41, 5.74) is 2.92. The Morgan fingerprint density at radius 2 is 2.15 bits per heavy atom. The third-order valence-electron chi connectivity index (χ3n) is 3.71. The summed E-state index contributed by atoms with van der Waals surface area (Å²) in [6.07, 6.45) is 3.36. The number of aromatic nitrogens is 1. The number of rotatable bonds is 2. The average Bonchev–Trinajstić information content (AvgIpc) is 2.47. The molecule has 2 atom stereocenters. The van der Waals surface area contributed by atoms with Gasteiger partial charge in [0.15, 0.2) is 0 Å². The van der Waals surface area contributed by atoms with Crippen molar-refractivity contribution in [3.8, 4) is 11.5 Å². The first kappa shape index (κ1) is 12.9. The number of ether oxygens (including phenoxy) is 2. The van der Waals surface area contributed by atoms with Gasteiger partial charge < -0.3 is 14.6 Å². The molecule has 2 aromatic rings. The highest BCUT2D eigenvalue weighted by Gasteiger charge is 2.29. The summed E-state index contributed by atoms with van der Waals surface area (Å²) in [5.74, 6) is 1.43. The second kappa shape index (κ2) is 5.13. The van der Waals surface area contributed by atoms with Gasteiger partial charge in [-0.1, -0.05) is 0 Å². The van der Waals surface area contributed by atoms with Crippen LogP contribution in [0.2, 0.25) is 0 Å². The molecule has 1 N–H and O–H groups in total. The second-order valence-electron chi connectivity index (χ2n) is 4.99. The Balaban J connectivity index is 1.95. The standard InChI is InChI=1S/C16H17NO3/c1-10-5-6-17-9-13(10)16-8-14(18)12-7-11(19-2)3-4-15(12)20-16/h3-7,9,14,16,18H,8H2,1-2H3/t14-,16?/m0/s1. The molecule has 0 spiro atoms. The molecule has 1 aliphatic rings. The van der Waals surface area contributed by atoms with Gasteiger partial charge in [-0.2, -0.15) is 0 Å². The Morgan fingerprint density at radius 1 is 1.30 bits per heavy atom. The zero-order chi connectivity index (χ0) is 14.1. The van der Waals surface area contributed by atoms with Gasteiger partial charge in [0, 0.05) is 29.9 Å². The third-order valence-corrected chi connectivity index (χ3v) is 3.71. The molecule has 4 nitrogen and oxygen atoms in total. The van der Waals surface area contributed by atoms with Crippen molar-refractivity contribution in [1.29, 1.82) is 0 Å². The minimum Gasteiger partial charge on any atom is -0.497 e. The van der Waals surface area contributed by atoms with Crippen molar-refractivity contribution in [3.63, 3.8) is 0 Å². The van der Waals surface area contributed by atoms with Crippen molar-refractivity contribution in [3.05, 3.63) is 53.3 Å². The van der Waals surface area contributed by atoms with Gasteiger partial charge in [0.25, 0.3) is 0 Å². The molecule has 0 fully saturated rings. The van der Waals surface area contributed by atoms with Crippen LogP contribution in [-0.2, 0) is 0 Å². The van der Waals surface area contributed by atoms with Crippen molar-refractivity contribution in [1.82, 2.24) is 4.98 Å². The van der Waals surface area contributed by atoms with Gasteiger partial charge in [-0.15, -0.1) is 0 Å². The minimum absolute atomic E-state index is 0.167. The van der Waals surface area contributed by atoms with E-state index in [1.807, 2.05) is 31.2 Å². The average molecular weight is 271 g/mol. The summed E-state index contributed by atoms with van der Waals surface area (Å²) in [5, 5.41) is 10.3. The van der Waals surface area contributed by atoms with Gasteiger partial charge in [0.2, 0.25) is 0 Å². The van der Waals surface area contributed by atoms with Crippen LogP contribution >= 0.6 is 0 Å². The second-order valence-corrected chi connectivity index (χ2v) is 4.99. The molecule has 0 saturated heterocycles. The zero-order valence-electron chi connectivity index (χ0n) is 11.5. The highest BCUT2D eigenvalue weighted by molar-refractivity contribution is 5.44. The molecule has 0 aliphatic carbocycles. The van der Waals surface area contributed by atoms with Crippen LogP contribution in [0.3, 0.4) is 0 Å². The lowest BCUT2D eigenvalue weighted by Crippen LogP contribution is -2.20. The molecule has 4 heteroatoms. The van der Waals surface area contributed by atoms with Crippen molar-refractivity contribution in [2.45, 2.75) is 25.6 Å². The predicted molar refractivity (Wildman–Crippen MR) is 74.9 cm³/mol. The minimum atomic E-state index is -0.557. The van der Waals surface area contributed by atoms with Gasteiger partial charge in [-0.3, -0.25) is 4.98 Å². The van der Waals surface area contributed by atoms with Crippen molar-refractivity contribution in [2.75, 3.05) is 7.11 Å². The quantitative estimate of drug-likeness (QED) is 0.912. The SMILES string of the molecule is COc1ccc2c(c1)[C@@H](O)CC(c1cnccc1C)O2. The number of aliphatic hydroxyl groups excluding tert-OH is 1. The number of hydrogen-bond donors (Lipinski definition) is 1. The maximum Gasteiger partial charge on any atom is 0.128 e. The van der Waals surface area contributed by atoms with Gasteiger partial charge in [-0.25, -0.2) is 0 Å². The summed E-state index contributed by atoms with van der Waals surface area (Å²) in [6, 6.07) is 7.46. The number of aliphatic hydroxyl groups is 1. The van der Waals surface area contributed by atoms with E-state index in [4.69, 9.17) is 9.47 Å². The fraction of sp³-hybridized carbons (Fsp3) is 0.312. The number of methoxy groups -OCH3 is 1. The van der Waals surface area contributed by atoms with Gasteiger partial charge >= 0.3 is 0 Å². The molecule has 0 radical (unpaired) electrons. The number of aryl methyl sites for hydroxylation is 1. The summed E-state index contributed by atoms with van der Waals surface area (Å²) in [4.78, 5) is 4.15. The van der Waals surface area contributed by atoms with Crippen LogP contribution in [0, 0.1) is 6.92 Å². The van der Waals surface area contributed by atoms with Crippen LogP contribution in [0.4, 0.5) is 0 Å². The molecule has 0 bridgehead atoms. The van der Waals surface area contributed by atoms with E-state index < -0.39 is 6.10 Å². The lowest BCUT2D eigenvalue weighted by Gasteiger charge is -2.30. The lowest BCUT2D eigenvalue weighted by atomic mass is 9.94. The fourth-order valence-corrected chi connectivity index (χ4v) is 2.56. The van der Waals surface area contributed by atoms with Crippen LogP contribution in [0.15, 0.2) is 36.7 Å². The van der Waals surface area contributed by atoms with Crippen LogP contribution in [-0.4, -0.2) is 17.2 Å². The maximum absolute atomic E-state index is 10.3. The van der Waals surface area contributed by atoms with E-state index >= 15 is 0 Å². The third kappa shape index (κ3) is 2.23. The lowest BCUT2D eigenvalue weighted by molar-refractivity contribution is 0.0650.